The van der Waals surface area contributed by atoms with E-state index in [2.05, 4.69) is 10.1 Å². The van der Waals surface area contributed by atoms with Gasteiger partial charge in [-0.25, -0.2) is 0 Å². The Balaban J connectivity index is 1.85. The molecule has 2 aromatic rings. The third-order valence-corrected chi connectivity index (χ3v) is 3.71. The minimum absolute atomic E-state index is 0.0879. The number of halogens is 2. The first-order chi connectivity index (χ1) is 13.3. The minimum Gasteiger partial charge on any atom is -0.453 e. The molecule has 0 aliphatic heterocycles. The summed E-state index contributed by atoms with van der Waals surface area (Å²) in [7, 11) is 0. The summed E-state index contributed by atoms with van der Waals surface area (Å²) in [5.41, 5.74) is 1.48. The van der Waals surface area contributed by atoms with E-state index in [1.54, 1.807) is 18.2 Å². The summed E-state index contributed by atoms with van der Waals surface area (Å²) in [5, 5.41) is 2.42. The van der Waals surface area contributed by atoms with Gasteiger partial charge in [-0.1, -0.05) is 17.7 Å². The van der Waals surface area contributed by atoms with Crippen molar-refractivity contribution in [1.82, 2.24) is 5.32 Å². The van der Waals surface area contributed by atoms with Gasteiger partial charge < -0.3 is 14.8 Å². The topological polar surface area (TPSA) is 81.7 Å². The molecule has 0 fully saturated rings. The Morgan fingerprint density at radius 2 is 1.71 bits per heavy atom. The average molecular weight is 391 g/mol. The van der Waals surface area contributed by atoms with E-state index >= 15 is 0 Å². The predicted octanol–water partition coefficient (Wildman–Crippen LogP) is 3.14. The van der Waals surface area contributed by atoms with Gasteiger partial charge in [0.1, 0.15) is 12.3 Å². The smallest absolute Gasteiger partial charge is 0.387 e. The summed E-state index contributed by atoms with van der Waals surface area (Å²) < 4.78 is 33.5. The third-order valence-electron chi connectivity index (χ3n) is 3.71. The van der Waals surface area contributed by atoms with E-state index in [0.29, 0.717) is 5.56 Å². The van der Waals surface area contributed by atoms with Crippen LogP contribution in [0.2, 0.25) is 0 Å². The summed E-state index contributed by atoms with van der Waals surface area (Å²) >= 11 is 0. The number of ether oxygens (including phenoxy) is 2. The van der Waals surface area contributed by atoms with Gasteiger partial charge in [-0.2, -0.15) is 8.78 Å². The lowest BCUT2D eigenvalue weighted by molar-refractivity contribution is -0.145. The Kier molecular flexibility index (Phi) is 7.20. The molecule has 2 aromatic carbocycles. The molecule has 0 unspecified atom stereocenters. The van der Waals surface area contributed by atoms with Crippen molar-refractivity contribution in [3.05, 3.63) is 65.2 Å². The number of Topliss-reactive ketones (excluding diaryl/α,β-unsaturated/α-hetero) is 1. The van der Waals surface area contributed by atoms with Crippen LogP contribution in [0.1, 0.15) is 33.2 Å². The number of aryl methyl sites for hydroxylation is 1. The quantitative estimate of drug-likeness (QED) is 0.552. The number of benzene rings is 2. The normalized spacial score (nSPS) is 11.6. The highest BCUT2D eigenvalue weighted by atomic mass is 19.3. The fourth-order valence-electron chi connectivity index (χ4n) is 2.37. The summed E-state index contributed by atoms with van der Waals surface area (Å²) in [4.78, 5) is 36.1. The van der Waals surface area contributed by atoms with Crippen LogP contribution in [0.25, 0.3) is 0 Å². The molecule has 0 saturated heterocycles. The fraction of sp³-hybridized carbons (Fsp3) is 0.250. The van der Waals surface area contributed by atoms with Gasteiger partial charge in [0.15, 0.2) is 6.10 Å². The second kappa shape index (κ2) is 9.59. The van der Waals surface area contributed by atoms with Crippen molar-refractivity contribution < 1.29 is 32.6 Å². The number of carbonyl (C=O) groups is 3. The zero-order valence-electron chi connectivity index (χ0n) is 15.3. The fourth-order valence-corrected chi connectivity index (χ4v) is 2.37. The van der Waals surface area contributed by atoms with Gasteiger partial charge in [-0.15, -0.1) is 0 Å². The van der Waals surface area contributed by atoms with Crippen LogP contribution in [0.5, 0.6) is 5.75 Å². The summed E-state index contributed by atoms with van der Waals surface area (Å²) in [6.07, 6.45) is -1.11. The summed E-state index contributed by atoms with van der Waals surface area (Å²) in [5.74, 6) is -1.81. The first-order valence-electron chi connectivity index (χ1n) is 8.39. The number of esters is 1. The lowest BCUT2D eigenvalue weighted by atomic mass is 10.1. The Labute approximate surface area is 160 Å². The summed E-state index contributed by atoms with van der Waals surface area (Å²) in [6, 6.07) is 11.9. The largest absolute Gasteiger partial charge is 0.453 e. The molecule has 148 valence electrons. The number of alkyl halides is 2. The molecule has 0 spiro atoms. The lowest BCUT2D eigenvalue weighted by Crippen LogP contribution is -2.34. The van der Waals surface area contributed by atoms with Crippen LogP contribution >= 0.6 is 0 Å². The number of amides is 1. The Bertz CT molecular complexity index is 852. The Hall–Kier alpha value is -3.29. The standard InChI is InChI=1S/C20H19F2NO5/c1-12-4-3-5-15(10-12)19(26)23-11-17(24)27-13(2)18(25)14-6-8-16(9-7-14)28-20(21)22/h3-10,13,20H,11H2,1-2H3,(H,23,26)/t13-/m0/s1. The van der Waals surface area contributed by atoms with Gasteiger partial charge >= 0.3 is 12.6 Å². The molecular formula is C20H19F2NO5. The maximum Gasteiger partial charge on any atom is 0.387 e. The van der Waals surface area contributed by atoms with Gasteiger partial charge in [-0.05, 0) is 50.2 Å². The molecule has 1 atom stereocenters. The van der Waals surface area contributed by atoms with Crippen LogP contribution in [-0.4, -0.2) is 36.9 Å². The number of hydrogen-bond donors (Lipinski definition) is 1. The van der Waals surface area contributed by atoms with Gasteiger partial charge in [0.2, 0.25) is 5.78 Å². The predicted molar refractivity (Wildman–Crippen MR) is 96.5 cm³/mol. The molecule has 0 saturated carbocycles. The van der Waals surface area contributed by atoms with E-state index < -0.39 is 36.9 Å². The molecule has 0 heterocycles. The SMILES string of the molecule is Cc1cccc(C(=O)NCC(=O)O[C@@H](C)C(=O)c2ccc(OC(F)F)cc2)c1. The summed E-state index contributed by atoms with van der Waals surface area (Å²) in [6.45, 7) is -0.140. The molecule has 0 aliphatic carbocycles. The van der Waals surface area contributed by atoms with Crippen LogP contribution in [-0.2, 0) is 9.53 Å². The third kappa shape index (κ3) is 6.15. The van der Waals surface area contributed by atoms with Crippen molar-refractivity contribution in [3.8, 4) is 5.75 Å². The second-order valence-corrected chi connectivity index (χ2v) is 5.95. The monoisotopic (exact) mass is 391 g/mol. The number of nitrogens with one attached hydrogen (secondary N) is 1. The molecule has 6 nitrogen and oxygen atoms in total. The first-order valence-corrected chi connectivity index (χ1v) is 8.39. The van der Waals surface area contributed by atoms with Crippen LogP contribution in [0, 0.1) is 6.92 Å². The molecule has 0 radical (unpaired) electrons. The highest BCUT2D eigenvalue weighted by Gasteiger charge is 2.20. The molecule has 0 bridgehead atoms. The van der Waals surface area contributed by atoms with Crippen molar-refractivity contribution in [1.29, 1.82) is 0 Å². The molecule has 1 N–H and O–H groups in total. The van der Waals surface area contributed by atoms with Gasteiger partial charge in [-0.3, -0.25) is 14.4 Å². The van der Waals surface area contributed by atoms with Crippen molar-refractivity contribution >= 4 is 17.7 Å². The maximum absolute atomic E-state index is 12.3. The van der Waals surface area contributed by atoms with E-state index in [4.69, 9.17) is 4.74 Å². The van der Waals surface area contributed by atoms with Crippen LogP contribution < -0.4 is 10.1 Å². The average Bonchev–Trinajstić information content (AvgIpc) is 2.65. The van der Waals surface area contributed by atoms with E-state index in [-0.39, 0.29) is 11.3 Å². The number of carbonyl (C=O) groups excluding carboxylic acids is 3. The van der Waals surface area contributed by atoms with Crippen LogP contribution in [0.15, 0.2) is 48.5 Å². The van der Waals surface area contributed by atoms with Crippen molar-refractivity contribution in [2.45, 2.75) is 26.6 Å². The Morgan fingerprint density at radius 1 is 1.04 bits per heavy atom. The highest BCUT2D eigenvalue weighted by molar-refractivity contribution is 6.00. The van der Waals surface area contributed by atoms with Crippen molar-refractivity contribution in [2.75, 3.05) is 6.54 Å². The molecular weight excluding hydrogens is 372 g/mol. The highest BCUT2D eigenvalue weighted by Crippen LogP contribution is 2.16. The molecule has 8 heteroatoms. The number of rotatable bonds is 8. The van der Waals surface area contributed by atoms with Crippen LogP contribution in [0.3, 0.4) is 0 Å². The van der Waals surface area contributed by atoms with E-state index in [1.165, 1.54) is 31.2 Å². The van der Waals surface area contributed by atoms with Crippen molar-refractivity contribution in [2.24, 2.45) is 0 Å². The number of ketones is 1. The van der Waals surface area contributed by atoms with Gasteiger partial charge in [0, 0.05) is 11.1 Å². The van der Waals surface area contributed by atoms with E-state index in [0.717, 1.165) is 5.56 Å². The zero-order valence-corrected chi connectivity index (χ0v) is 15.3. The lowest BCUT2D eigenvalue weighted by Gasteiger charge is -2.13. The molecule has 2 rings (SSSR count). The minimum atomic E-state index is -2.96. The number of hydrogen-bond acceptors (Lipinski definition) is 5. The molecule has 0 aliphatic rings. The maximum atomic E-state index is 12.3. The molecule has 1 amide bonds. The van der Waals surface area contributed by atoms with E-state index in [1.807, 2.05) is 13.0 Å². The van der Waals surface area contributed by atoms with Gasteiger partial charge in [0.25, 0.3) is 5.91 Å². The van der Waals surface area contributed by atoms with E-state index in [9.17, 15) is 23.2 Å². The second-order valence-electron chi connectivity index (χ2n) is 5.95. The molecule has 0 aromatic heterocycles. The molecule has 28 heavy (non-hydrogen) atoms. The Morgan fingerprint density at radius 3 is 2.32 bits per heavy atom. The van der Waals surface area contributed by atoms with Crippen molar-refractivity contribution in [3.63, 3.8) is 0 Å². The van der Waals surface area contributed by atoms with Gasteiger partial charge in [0.05, 0.1) is 0 Å². The van der Waals surface area contributed by atoms with Crippen LogP contribution in [0.4, 0.5) is 8.78 Å². The zero-order chi connectivity index (χ0) is 20.7. The first kappa shape index (κ1) is 21.0.